The van der Waals surface area contributed by atoms with Crippen LogP contribution in [0.25, 0.3) is 0 Å². The molecule has 0 aliphatic heterocycles. The van der Waals surface area contributed by atoms with E-state index in [-0.39, 0.29) is 5.91 Å². The van der Waals surface area contributed by atoms with Crippen molar-refractivity contribution in [1.82, 2.24) is 9.55 Å². The molecule has 0 aliphatic rings. The number of carbonyl (C=O) groups is 1. The second kappa shape index (κ2) is 11.4. The summed E-state index contributed by atoms with van der Waals surface area (Å²) in [5.41, 5.74) is 3.22. The lowest BCUT2D eigenvalue weighted by Gasteiger charge is -2.18. The molecular weight excluding hydrogens is 437 g/mol. The van der Waals surface area contributed by atoms with Crippen molar-refractivity contribution in [3.05, 3.63) is 82.4 Å². The molecule has 4 nitrogen and oxygen atoms in total. The first-order valence-corrected chi connectivity index (χ1v) is 11.7. The number of aryl methyl sites for hydroxylation is 2. The Hall–Kier alpha value is -1.95. The number of nitrogens with zero attached hydrogens (tertiary/aromatic N) is 2. The highest BCUT2D eigenvalue weighted by molar-refractivity contribution is 7.99. The fourth-order valence-electron chi connectivity index (χ4n) is 3.20. The van der Waals surface area contributed by atoms with Gasteiger partial charge in [-0.3, -0.25) is 4.79 Å². The van der Waals surface area contributed by atoms with E-state index in [4.69, 9.17) is 23.2 Å². The monoisotopic (exact) mass is 461 g/mol. The van der Waals surface area contributed by atoms with Crippen molar-refractivity contribution >= 4 is 46.6 Å². The van der Waals surface area contributed by atoms with Crippen molar-refractivity contribution in [2.45, 2.75) is 38.0 Å². The van der Waals surface area contributed by atoms with Crippen LogP contribution in [-0.4, -0.2) is 26.5 Å². The molecule has 1 aromatic heterocycles. The number of aromatic nitrogens is 2. The van der Waals surface area contributed by atoms with Crippen molar-refractivity contribution in [2.75, 3.05) is 11.1 Å². The molecule has 0 fully saturated rings. The van der Waals surface area contributed by atoms with E-state index in [1.807, 2.05) is 54.7 Å². The standard InChI is InChI=1S/C23H25Cl2N3OS/c1-17(29)27-21-7-2-18(3-8-21)10-13-30-22(15-28-12-11-26-16-28)9-5-19-4-6-20(24)14-23(19)25/h2-4,6-8,11-12,14,16,22H,5,9-10,13,15H2,1H3,(H,27,29). The summed E-state index contributed by atoms with van der Waals surface area (Å²) >= 11 is 14.3. The Labute approximate surface area is 192 Å². The Balaban J connectivity index is 1.55. The Morgan fingerprint density at radius 1 is 1.17 bits per heavy atom. The summed E-state index contributed by atoms with van der Waals surface area (Å²) in [6.07, 6.45) is 8.59. The molecule has 0 saturated carbocycles. The number of benzene rings is 2. The van der Waals surface area contributed by atoms with E-state index in [0.717, 1.165) is 47.8 Å². The molecular formula is C23H25Cl2N3OS. The summed E-state index contributed by atoms with van der Waals surface area (Å²) < 4.78 is 2.13. The number of hydrogen-bond acceptors (Lipinski definition) is 3. The van der Waals surface area contributed by atoms with E-state index in [1.54, 1.807) is 6.07 Å². The summed E-state index contributed by atoms with van der Waals surface area (Å²) in [6, 6.07) is 13.8. The predicted molar refractivity (Wildman–Crippen MR) is 128 cm³/mol. The maximum Gasteiger partial charge on any atom is 0.221 e. The minimum atomic E-state index is -0.0542. The smallest absolute Gasteiger partial charge is 0.221 e. The average Bonchev–Trinajstić information content (AvgIpc) is 3.21. The molecule has 1 N–H and O–H groups in total. The third kappa shape index (κ3) is 7.38. The summed E-state index contributed by atoms with van der Waals surface area (Å²) in [5, 5.41) is 4.64. The van der Waals surface area contributed by atoms with Gasteiger partial charge in [0, 0.05) is 46.8 Å². The van der Waals surface area contributed by atoms with E-state index >= 15 is 0 Å². The first kappa shape index (κ1) is 22.7. The minimum Gasteiger partial charge on any atom is -0.336 e. The number of rotatable bonds is 10. The number of thioether (sulfide) groups is 1. The lowest BCUT2D eigenvalue weighted by Crippen LogP contribution is -2.14. The van der Waals surface area contributed by atoms with Crippen molar-refractivity contribution in [1.29, 1.82) is 0 Å². The maximum absolute atomic E-state index is 11.1. The normalized spacial score (nSPS) is 12.0. The second-order valence-electron chi connectivity index (χ2n) is 7.15. The predicted octanol–water partition coefficient (Wildman–Crippen LogP) is 6.13. The number of amides is 1. The van der Waals surface area contributed by atoms with Crippen molar-refractivity contribution < 1.29 is 4.79 Å². The second-order valence-corrected chi connectivity index (χ2v) is 9.41. The van der Waals surface area contributed by atoms with Gasteiger partial charge in [0.05, 0.1) is 6.33 Å². The highest BCUT2D eigenvalue weighted by Gasteiger charge is 2.12. The van der Waals surface area contributed by atoms with Gasteiger partial charge in [0.25, 0.3) is 0 Å². The molecule has 0 radical (unpaired) electrons. The molecule has 3 rings (SSSR count). The van der Waals surface area contributed by atoms with Crippen LogP contribution in [0.1, 0.15) is 24.5 Å². The van der Waals surface area contributed by atoms with Gasteiger partial charge in [0.2, 0.25) is 5.91 Å². The fourth-order valence-corrected chi connectivity index (χ4v) is 4.95. The third-order valence-electron chi connectivity index (χ3n) is 4.74. The molecule has 1 heterocycles. The van der Waals surface area contributed by atoms with Crippen LogP contribution in [0.5, 0.6) is 0 Å². The molecule has 0 saturated heterocycles. The molecule has 158 valence electrons. The van der Waals surface area contributed by atoms with Crippen LogP contribution < -0.4 is 5.32 Å². The van der Waals surface area contributed by atoms with Gasteiger partial charge in [-0.05, 0) is 60.4 Å². The van der Waals surface area contributed by atoms with Gasteiger partial charge in [-0.25, -0.2) is 4.98 Å². The summed E-state index contributed by atoms with van der Waals surface area (Å²) in [5.74, 6) is 0.967. The molecule has 30 heavy (non-hydrogen) atoms. The molecule has 0 spiro atoms. The van der Waals surface area contributed by atoms with Gasteiger partial charge in [-0.1, -0.05) is 41.4 Å². The zero-order valence-corrected chi connectivity index (χ0v) is 19.2. The maximum atomic E-state index is 11.1. The zero-order chi connectivity index (χ0) is 21.3. The van der Waals surface area contributed by atoms with Gasteiger partial charge in [-0.15, -0.1) is 0 Å². The Kier molecular flexibility index (Phi) is 8.67. The van der Waals surface area contributed by atoms with Gasteiger partial charge < -0.3 is 9.88 Å². The summed E-state index contributed by atoms with van der Waals surface area (Å²) in [7, 11) is 0. The van der Waals surface area contributed by atoms with E-state index in [9.17, 15) is 4.79 Å². The molecule has 1 unspecified atom stereocenters. The van der Waals surface area contributed by atoms with Gasteiger partial charge >= 0.3 is 0 Å². The van der Waals surface area contributed by atoms with Crippen molar-refractivity contribution in [3.63, 3.8) is 0 Å². The molecule has 0 bridgehead atoms. The number of hydrogen-bond donors (Lipinski definition) is 1. The van der Waals surface area contributed by atoms with Crippen LogP contribution in [0.15, 0.2) is 61.2 Å². The lowest BCUT2D eigenvalue weighted by molar-refractivity contribution is -0.114. The van der Waals surface area contributed by atoms with Crippen LogP contribution >= 0.6 is 35.0 Å². The van der Waals surface area contributed by atoms with E-state index in [1.165, 1.54) is 12.5 Å². The minimum absolute atomic E-state index is 0.0542. The molecule has 2 aromatic carbocycles. The SMILES string of the molecule is CC(=O)Nc1ccc(CCSC(CCc2ccc(Cl)cc2Cl)Cn2ccnc2)cc1. The molecule has 1 atom stereocenters. The lowest BCUT2D eigenvalue weighted by atomic mass is 10.1. The first-order chi connectivity index (χ1) is 14.5. The third-order valence-corrected chi connectivity index (χ3v) is 6.63. The number of nitrogens with one attached hydrogen (secondary N) is 1. The van der Waals surface area contributed by atoms with Crippen LogP contribution in [0.4, 0.5) is 5.69 Å². The number of carbonyl (C=O) groups excluding carboxylic acids is 1. The van der Waals surface area contributed by atoms with Gasteiger partial charge in [-0.2, -0.15) is 11.8 Å². The van der Waals surface area contributed by atoms with Crippen molar-refractivity contribution in [2.24, 2.45) is 0 Å². The van der Waals surface area contributed by atoms with Gasteiger partial charge in [0.1, 0.15) is 0 Å². The van der Waals surface area contributed by atoms with E-state index in [0.29, 0.717) is 10.3 Å². The fraction of sp³-hybridized carbons (Fsp3) is 0.304. The van der Waals surface area contributed by atoms with E-state index < -0.39 is 0 Å². The van der Waals surface area contributed by atoms with Crippen LogP contribution in [0, 0.1) is 0 Å². The molecule has 1 amide bonds. The summed E-state index contributed by atoms with van der Waals surface area (Å²) in [4.78, 5) is 15.3. The van der Waals surface area contributed by atoms with E-state index in [2.05, 4.69) is 27.0 Å². The highest BCUT2D eigenvalue weighted by atomic mass is 35.5. The zero-order valence-electron chi connectivity index (χ0n) is 16.9. The average molecular weight is 462 g/mol. The first-order valence-electron chi connectivity index (χ1n) is 9.87. The quantitative estimate of drug-likeness (QED) is 0.395. The van der Waals surface area contributed by atoms with Crippen LogP contribution in [-0.2, 0) is 24.2 Å². The molecule has 3 aromatic rings. The number of imidazole rings is 1. The Morgan fingerprint density at radius 3 is 2.63 bits per heavy atom. The number of anilines is 1. The summed E-state index contributed by atoms with van der Waals surface area (Å²) in [6.45, 7) is 2.43. The largest absolute Gasteiger partial charge is 0.336 e. The Morgan fingerprint density at radius 2 is 1.97 bits per heavy atom. The molecule has 7 heteroatoms. The Bertz CT molecular complexity index is 946. The van der Waals surface area contributed by atoms with Crippen LogP contribution in [0.3, 0.4) is 0 Å². The topological polar surface area (TPSA) is 46.9 Å². The van der Waals surface area contributed by atoms with Gasteiger partial charge in [0.15, 0.2) is 0 Å². The van der Waals surface area contributed by atoms with Crippen LogP contribution in [0.2, 0.25) is 10.0 Å². The number of halogens is 2. The van der Waals surface area contributed by atoms with Crippen molar-refractivity contribution in [3.8, 4) is 0 Å². The highest BCUT2D eigenvalue weighted by Crippen LogP contribution is 2.26. The molecule has 0 aliphatic carbocycles.